The van der Waals surface area contributed by atoms with E-state index >= 15 is 0 Å². The number of hydrogen-bond acceptors (Lipinski definition) is 4. The highest BCUT2D eigenvalue weighted by Crippen LogP contribution is 2.27. The van der Waals surface area contributed by atoms with Crippen LogP contribution in [0.1, 0.15) is 54.1 Å². The molecule has 164 valence electrons. The normalized spacial score (nSPS) is 17.2. The van der Waals surface area contributed by atoms with Crippen molar-refractivity contribution in [2.75, 3.05) is 0 Å². The van der Waals surface area contributed by atoms with Crippen molar-refractivity contribution in [1.29, 1.82) is 0 Å². The summed E-state index contributed by atoms with van der Waals surface area (Å²) in [5.74, 6) is -2.54. The second-order valence-electron chi connectivity index (χ2n) is 7.90. The van der Waals surface area contributed by atoms with Crippen LogP contribution in [0.15, 0.2) is 60.7 Å². The fourth-order valence-corrected chi connectivity index (χ4v) is 4.06. The van der Waals surface area contributed by atoms with Crippen molar-refractivity contribution < 1.29 is 24.6 Å². The molecule has 0 saturated heterocycles. The van der Waals surface area contributed by atoms with Crippen LogP contribution < -0.4 is 10.6 Å². The van der Waals surface area contributed by atoms with Crippen LogP contribution in [0.5, 0.6) is 0 Å². The molecule has 1 aliphatic carbocycles. The van der Waals surface area contributed by atoms with Crippen molar-refractivity contribution >= 4 is 17.8 Å². The second kappa shape index (κ2) is 10.7. The van der Waals surface area contributed by atoms with Crippen LogP contribution in [0.2, 0.25) is 0 Å². The molecule has 1 saturated carbocycles. The number of aliphatic hydroxyl groups is 1. The van der Waals surface area contributed by atoms with E-state index in [1.54, 1.807) is 60.7 Å². The van der Waals surface area contributed by atoms with Crippen LogP contribution in [-0.2, 0) is 9.59 Å². The number of aliphatic carboxylic acids is 1. The number of amides is 2. The van der Waals surface area contributed by atoms with Gasteiger partial charge in [-0.15, -0.1) is 0 Å². The molecule has 0 aliphatic heterocycles. The summed E-state index contributed by atoms with van der Waals surface area (Å²) >= 11 is 0. The van der Waals surface area contributed by atoms with Gasteiger partial charge < -0.3 is 20.8 Å². The van der Waals surface area contributed by atoms with Gasteiger partial charge in [0.1, 0.15) is 6.04 Å². The van der Waals surface area contributed by atoms with Crippen LogP contribution in [0.3, 0.4) is 0 Å². The summed E-state index contributed by atoms with van der Waals surface area (Å²) < 4.78 is 0. The molecule has 1 fully saturated rings. The molecule has 2 aromatic carbocycles. The minimum atomic E-state index is -1.65. The van der Waals surface area contributed by atoms with Gasteiger partial charge in [-0.3, -0.25) is 9.59 Å². The summed E-state index contributed by atoms with van der Waals surface area (Å²) in [6, 6.07) is 15.0. The fourth-order valence-electron chi connectivity index (χ4n) is 4.06. The van der Waals surface area contributed by atoms with Crippen molar-refractivity contribution in [2.45, 2.75) is 50.3 Å². The topological polar surface area (TPSA) is 116 Å². The molecular formula is C24H28N2O5. The summed E-state index contributed by atoms with van der Waals surface area (Å²) in [6.07, 6.45) is 2.70. The highest BCUT2D eigenvalue weighted by Gasteiger charge is 2.35. The van der Waals surface area contributed by atoms with Crippen molar-refractivity contribution in [3.63, 3.8) is 0 Å². The molecule has 2 amide bonds. The average Bonchev–Trinajstić information content (AvgIpc) is 2.81. The summed E-state index contributed by atoms with van der Waals surface area (Å²) in [4.78, 5) is 37.3. The van der Waals surface area contributed by atoms with Gasteiger partial charge in [0.2, 0.25) is 0 Å². The van der Waals surface area contributed by atoms with E-state index in [4.69, 9.17) is 0 Å². The maximum atomic E-state index is 12.9. The Morgan fingerprint density at radius 2 is 1.42 bits per heavy atom. The largest absolute Gasteiger partial charge is 0.480 e. The molecule has 0 aromatic heterocycles. The summed E-state index contributed by atoms with van der Waals surface area (Å²) in [5, 5.41) is 25.7. The van der Waals surface area contributed by atoms with Gasteiger partial charge in [0.25, 0.3) is 11.8 Å². The molecule has 3 rings (SSSR count). The Bertz CT molecular complexity index is 881. The Kier molecular flexibility index (Phi) is 7.78. The highest BCUT2D eigenvalue weighted by molar-refractivity contribution is 5.95. The number of carboxylic acids is 1. The molecule has 3 atom stereocenters. The van der Waals surface area contributed by atoms with E-state index in [-0.39, 0.29) is 5.92 Å². The van der Waals surface area contributed by atoms with E-state index in [0.29, 0.717) is 11.1 Å². The fraction of sp³-hybridized carbons (Fsp3) is 0.375. The third-order valence-corrected chi connectivity index (χ3v) is 5.75. The van der Waals surface area contributed by atoms with E-state index < -0.39 is 36.0 Å². The van der Waals surface area contributed by atoms with Crippen LogP contribution in [0.4, 0.5) is 0 Å². The number of benzene rings is 2. The molecule has 0 heterocycles. The van der Waals surface area contributed by atoms with Gasteiger partial charge in [-0.05, 0) is 36.5 Å². The summed E-state index contributed by atoms with van der Waals surface area (Å²) in [7, 11) is 0. The molecule has 31 heavy (non-hydrogen) atoms. The van der Waals surface area contributed by atoms with Crippen LogP contribution in [0, 0.1) is 5.92 Å². The number of carboxylic acid groups (broad SMARTS) is 1. The predicted molar refractivity (Wildman–Crippen MR) is 115 cm³/mol. The maximum Gasteiger partial charge on any atom is 0.326 e. The molecule has 0 bridgehead atoms. The van der Waals surface area contributed by atoms with E-state index in [9.17, 15) is 24.6 Å². The van der Waals surface area contributed by atoms with Crippen molar-refractivity contribution in [2.24, 2.45) is 5.92 Å². The smallest absolute Gasteiger partial charge is 0.326 e. The lowest BCUT2D eigenvalue weighted by atomic mass is 9.83. The SMILES string of the molecule is O=C(N[C@@H](c1ccccc1)[C@@H](O)C(=O)N[C@H](C(=O)O)C1CCCCC1)c1ccccc1. The minimum Gasteiger partial charge on any atom is -0.480 e. The molecule has 7 nitrogen and oxygen atoms in total. The van der Waals surface area contributed by atoms with Gasteiger partial charge in [-0.25, -0.2) is 4.79 Å². The van der Waals surface area contributed by atoms with Gasteiger partial charge in [-0.1, -0.05) is 67.8 Å². The van der Waals surface area contributed by atoms with Crippen molar-refractivity contribution in [1.82, 2.24) is 10.6 Å². The molecule has 7 heteroatoms. The number of aliphatic hydroxyl groups excluding tert-OH is 1. The standard InChI is InChI=1S/C24H28N2O5/c27-21(23(29)26-20(24(30)31)17-12-6-2-7-13-17)19(16-10-4-1-5-11-16)25-22(28)18-14-8-3-9-15-18/h1,3-5,8-11,14-15,17,19-21,27H,2,6-7,12-13H2,(H,25,28)(H,26,29)(H,30,31)/t19-,20-,21+/m0/s1. The monoisotopic (exact) mass is 424 g/mol. The van der Waals surface area contributed by atoms with Crippen LogP contribution >= 0.6 is 0 Å². The molecule has 0 spiro atoms. The number of nitrogens with one attached hydrogen (secondary N) is 2. The van der Waals surface area contributed by atoms with Crippen molar-refractivity contribution in [3.05, 3.63) is 71.8 Å². The first-order valence-electron chi connectivity index (χ1n) is 10.6. The van der Waals surface area contributed by atoms with Gasteiger partial charge in [-0.2, -0.15) is 0 Å². The molecule has 2 aromatic rings. The molecular weight excluding hydrogens is 396 g/mol. The second-order valence-corrected chi connectivity index (χ2v) is 7.90. The van der Waals surface area contributed by atoms with Gasteiger partial charge in [0, 0.05) is 5.56 Å². The summed E-state index contributed by atoms with van der Waals surface area (Å²) in [5.41, 5.74) is 0.931. The quantitative estimate of drug-likeness (QED) is 0.520. The zero-order valence-corrected chi connectivity index (χ0v) is 17.2. The number of hydrogen-bond donors (Lipinski definition) is 4. The number of carbonyl (C=O) groups is 3. The maximum absolute atomic E-state index is 12.9. The zero-order valence-electron chi connectivity index (χ0n) is 17.2. The Labute approximate surface area is 181 Å². The van der Waals surface area contributed by atoms with Gasteiger partial charge in [0.15, 0.2) is 6.10 Å². The van der Waals surface area contributed by atoms with Crippen LogP contribution in [0.25, 0.3) is 0 Å². The van der Waals surface area contributed by atoms with E-state index in [1.807, 2.05) is 0 Å². The summed E-state index contributed by atoms with van der Waals surface area (Å²) in [6.45, 7) is 0. The van der Waals surface area contributed by atoms with Crippen molar-refractivity contribution in [3.8, 4) is 0 Å². The Hall–Kier alpha value is -3.19. The van der Waals surface area contributed by atoms with E-state index in [0.717, 1.165) is 32.1 Å². The third kappa shape index (κ3) is 5.92. The lowest BCUT2D eigenvalue weighted by molar-refractivity contribution is -0.145. The van der Waals surface area contributed by atoms with E-state index in [2.05, 4.69) is 10.6 Å². The Balaban J connectivity index is 1.78. The molecule has 4 N–H and O–H groups in total. The zero-order chi connectivity index (χ0) is 22.2. The Morgan fingerprint density at radius 3 is 2.00 bits per heavy atom. The van der Waals surface area contributed by atoms with E-state index in [1.165, 1.54) is 0 Å². The van der Waals surface area contributed by atoms with Gasteiger partial charge in [0.05, 0.1) is 6.04 Å². The molecule has 1 aliphatic rings. The number of carbonyl (C=O) groups excluding carboxylic acids is 2. The minimum absolute atomic E-state index is 0.170. The van der Waals surface area contributed by atoms with Crippen LogP contribution in [-0.4, -0.2) is 40.1 Å². The highest BCUT2D eigenvalue weighted by atomic mass is 16.4. The first kappa shape index (κ1) is 22.5. The lowest BCUT2D eigenvalue weighted by Crippen LogP contribution is -2.52. The predicted octanol–water partition coefficient (Wildman–Crippen LogP) is 2.67. The first-order valence-corrected chi connectivity index (χ1v) is 10.6. The Morgan fingerprint density at radius 1 is 0.839 bits per heavy atom. The average molecular weight is 424 g/mol. The molecule has 0 radical (unpaired) electrons. The molecule has 0 unspecified atom stereocenters. The third-order valence-electron chi connectivity index (χ3n) is 5.75. The van der Waals surface area contributed by atoms with Gasteiger partial charge >= 0.3 is 5.97 Å². The first-order chi connectivity index (χ1) is 15.0. The number of rotatable bonds is 8. The lowest BCUT2D eigenvalue weighted by Gasteiger charge is -2.30.